The first-order valence-electron chi connectivity index (χ1n) is 5.85. The van der Waals surface area contributed by atoms with E-state index >= 15 is 0 Å². The van der Waals surface area contributed by atoms with Gasteiger partial charge in [-0.25, -0.2) is 4.39 Å². The molecule has 19 heavy (non-hydrogen) atoms. The molecular weight excluding hydrogens is 313 g/mol. The molecule has 0 unspecified atom stereocenters. The number of hydrogen-bond acceptors (Lipinski definition) is 2. The Morgan fingerprint density at radius 3 is 2.79 bits per heavy atom. The van der Waals surface area contributed by atoms with E-state index in [0.29, 0.717) is 17.6 Å². The Morgan fingerprint density at radius 1 is 1.37 bits per heavy atom. The van der Waals surface area contributed by atoms with Gasteiger partial charge in [0, 0.05) is 6.54 Å². The Bertz CT molecular complexity index is 595. The zero-order chi connectivity index (χ0) is 13.8. The third kappa shape index (κ3) is 3.67. The molecule has 0 bridgehead atoms. The Morgan fingerprint density at radius 2 is 2.16 bits per heavy atom. The maximum absolute atomic E-state index is 12.9. The van der Waals surface area contributed by atoms with Crippen LogP contribution in [0.1, 0.15) is 21.7 Å². The minimum atomic E-state index is -0.259. The highest BCUT2D eigenvalue weighted by Crippen LogP contribution is 2.14. The first kappa shape index (κ1) is 13.8. The van der Waals surface area contributed by atoms with E-state index in [1.54, 1.807) is 18.2 Å². The SMILES string of the molecule is Cc1cc(F)ccc1CCNC(=O)c1ccc(Br)o1. The zero-order valence-electron chi connectivity index (χ0n) is 10.4. The number of nitrogens with one attached hydrogen (secondary N) is 1. The maximum Gasteiger partial charge on any atom is 0.287 e. The van der Waals surface area contributed by atoms with Crippen LogP contribution in [-0.2, 0) is 6.42 Å². The molecule has 0 fully saturated rings. The average Bonchev–Trinajstić information content (AvgIpc) is 2.78. The number of hydrogen-bond donors (Lipinski definition) is 1. The van der Waals surface area contributed by atoms with Crippen molar-refractivity contribution in [2.45, 2.75) is 13.3 Å². The van der Waals surface area contributed by atoms with Crippen molar-refractivity contribution >= 4 is 21.8 Å². The van der Waals surface area contributed by atoms with E-state index in [4.69, 9.17) is 4.42 Å². The van der Waals surface area contributed by atoms with Crippen molar-refractivity contribution in [2.24, 2.45) is 0 Å². The van der Waals surface area contributed by atoms with Crippen LogP contribution in [0.5, 0.6) is 0 Å². The fourth-order valence-electron chi connectivity index (χ4n) is 1.77. The highest BCUT2D eigenvalue weighted by atomic mass is 79.9. The Hall–Kier alpha value is -1.62. The van der Waals surface area contributed by atoms with Gasteiger partial charge in [-0.15, -0.1) is 0 Å². The number of rotatable bonds is 4. The monoisotopic (exact) mass is 325 g/mol. The third-order valence-corrected chi connectivity index (χ3v) is 3.21. The van der Waals surface area contributed by atoms with Crippen molar-refractivity contribution in [3.63, 3.8) is 0 Å². The summed E-state index contributed by atoms with van der Waals surface area (Å²) in [6, 6.07) is 7.91. The van der Waals surface area contributed by atoms with Crippen LogP contribution in [0.2, 0.25) is 0 Å². The molecule has 1 N–H and O–H groups in total. The molecule has 1 amide bonds. The molecule has 1 heterocycles. The lowest BCUT2D eigenvalue weighted by Crippen LogP contribution is -2.25. The van der Waals surface area contributed by atoms with Crippen molar-refractivity contribution in [3.8, 4) is 0 Å². The Labute approximate surface area is 118 Å². The zero-order valence-corrected chi connectivity index (χ0v) is 12.0. The fourth-order valence-corrected chi connectivity index (χ4v) is 2.08. The first-order valence-corrected chi connectivity index (χ1v) is 6.64. The van der Waals surface area contributed by atoms with E-state index in [0.717, 1.165) is 11.1 Å². The molecule has 0 saturated carbocycles. The fraction of sp³-hybridized carbons (Fsp3) is 0.214. The second kappa shape index (κ2) is 6.02. The van der Waals surface area contributed by atoms with Crippen LogP contribution in [-0.4, -0.2) is 12.5 Å². The highest BCUT2D eigenvalue weighted by molar-refractivity contribution is 9.10. The van der Waals surface area contributed by atoms with Crippen LogP contribution < -0.4 is 5.32 Å². The Kier molecular flexibility index (Phi) is 4.37. The predicted octanol–water partition coefficient (Wildman–Crippen LogP) is 3.46. The van der Waals surface area contributed by atoms with Crippen molar-refractivity contribution in [3.05, 3.63) is 57.7 Å². The average molecular weight is 326 g/mol. The molecule has 0 aliphatic heterocycles. The second-order valence-electron chi connectivity index (χ2n) is 4.18. The van der Waals surface area contributed by atoms with Crippen LogP contribution in [0.15, 0.2) is 39.4 Å². The van der Waals surface area contributed by atoms with E-state index < -0.39 is 0 Å². The second-order valence-corrected chi connectivity index (χ2v) is 4.96. The van der Waals surface area contributed by atoms with E-state index in [-0.39, 0.29) is 17.5 Å². The number of furan rings is 1. The van der Waals surface area contributed by atoms with Gasteiger partial charge in [0.2, 0.25) is 0 Å². The van der Waals surface area contributed by atoms with Crippen LogP contribution in [0, 0.1) is 12.7 Å². The van der Waals surface area contributed by atoms with Crippen molar-refractivity contribution in [1.29, 1.82) is 0 Å². The molecule has 1 aromatic heterocycles. The van der Waals surface area contributed by atoms with Crippen LogP contribution in [0.3, 0.4) is 0 Å². The summed E-state index contributed by atoms with van der Waals surface area (Å²) in [5, 5.41) is 2.76. The first-order chi connectivity index (χ1) is 9.06. The number of amides is 1. The van der Waals surface area contributed by atoms with Gasteiger partial charge in [-0.2, -0.15) is 0 Å². The van der Waals surface area contributed by atoms with Gasteiger partial charge in [0.05, 0.1) is 0 Å². The van der Waals surface area contributed by atoms with Crippen molar-refractivity contribution < 1.29 is 13.6 Å². The van der Waals surface area contributed by atoms with Crippen molar-refractivity contribution in [2.75, 3.05) is 6.54 Å². The van der Waals surface area contributed by atoms with E-state index in [9.17, 15) is 9.18 Å². The van der Waals surface area contributed by atoms with Crippen LogP contribution in [0.4, 0.5) is 4.39 Å². The molecule has 3 nitrogen and oxygen atoms in total. The molecular formula is C14H13BrFNO2. The minimum Gasteiger partial charge on any atom is -0.444 e. The Balaban J connectivity index is 1.88. The van der Waals surface area contributed by atoms with E-state index in [1.807, 2.05) is 6.92 Å². The summed E-state index contributed by atoms with van der Waals surface area (Å²) in [5.74, 6) is -0.237. The smallest absolute Gasteiger partial charge is 0.287 e. The van der Waals surface area contributed by atoms with E-state index in [2.05, 4.69) is 21.2 Å². The summed E-state index contributed by atoms with van der Waals surface area (Å²) in [6.45, 7) is 2.33. The van der Waals surface area contributed by atoms with Gasteiger partial charge < -0.3 is 9.73 Å². The molecule has 0 spiro atoms. The van der Waals surface area contributed by atoms with Gasteiger partial charge in [-0.3, -0.25) is 4.79 Å². The minimum absolute atomic E-state index is 0.245. The molecule has 2 aromatic rings. The molecule has 0 saturated heterocycles. The highest BCUT2D eigenvalue weighted by Gasteiger charge is 2.09. The number of carbonyl (C=O) groups excluding carboxylic acids is 1. The molecule has 5 heteroatoms. The molecule has 0 atom stereocenters. The summed E-state index contributed by atoms with van der Waals surface area (Å²) >= 11 is 3.14. The molecule has 0 aliphatic carbocycles. The van der Waals surface area contributed by atoms with Gasteiger partial charge in [0.15, 0.2) is 10.4 Å². The summed E-state index contributed by atoms with van der Waals surface area (Å²) in [5.41, 5.74) is 1.90. The summed E-state index contributed by atoms with van der Waals surface area (Å²) in [7, 11) is 0. The van der Waals surface area contributed by atoms with Crippen LogP contribution in [0.25, 0.3) is 0 Å². The molecule has 2 rings (SSSR count). The standard InChI is InChI=1S/C14H13BrFNO2/c1-9-8-11(16)3-2-10(9)6-7-17-14(18)12-4-5-13(15)19-12/h2-5,8H,6-7H2,1H3,(H,17,18). The van der Waals surface area contributed by atoms with Crippen LogP contribution >= 0.6 is 15.9 Å². The van der Waals surface area contributed by atoms with E-state index in [1.165, 1.54) is 12.1 Å². The van der Waals surface area contributed by atoms with Gasteiger partial charge in [0.25, 0.3) is 5.91 Å². The largest absolute Gasteiger partial charge is 0.444 e. The summed E-state index contributed by atoms with van der Waals surface area (Å²) < 4.78 is 18.6. The normalized spacial score (nSPS) is 10.5. The van der Waals surface area contributed by atoms with Gasteiger partial charge in [-0.05, 0) is 64.7 Å². The number of halogens is 2. The van der Waals surface area contributed by atoms with Crippen molar-refractivity contribution in [1.82, 2.24) is 5.32 Å². The number of benzene rings is 1. The lowest BCUT2D eigenvalue weighted by molar-refractivity contribution is 0.0925. The molecule has 0 radical (unpaired) electrons. The lowest BCUT2D eigenvalue weighted by atomic mass is 10.1. The maximum atomic E-state index is 12.9. The van der Waals surface area contributed by atoms with Gasteiger partial charge in [0.1, 0.15) is 5.82 Å². The lowest BCUT2D eigenvalue weighted by Gasteiger charge is -2.06. The predicted molar refractivity (Wildman–Crippen MR) is 73.6 cm³/mol. The quantitative estimate of drug-likeness (QED) is 0.935. The molecule has 0 aliphatic rings. The summed E-state index contributed by atoms with van der Waals surface area (Å²) in [4.78, 5) is 11.7. The number of carbonyl (C=O) groups is 1. The summed E-state index contributed by atoms with van der Waals surface area (Å²) in [6.07, 6.45) is 0.653. The topological polar surface area (TPSA) is 42.2 Å². The molecule has 100 valence electrons. The van der Waals surface area contributed by atoms with Gasteiger partial charge >= 0.3 is 0 Å². The van der Waals surface area contributed by atoms with Gasteiger partial charge in [-0.1, -0.05) is 6.07 Å². The number of aryl methyl sites for hydroxylation is 1. The third-order valence-electron chi connectivity index (χ3n) is 2.78. The molecule has 1 aromatic carbocycles.